The third-order valence-corrected chi connectivity index (χ3v) is 8.35. The number of nitrogens with one attached hydrogen (secondary N) is 2. The van der Waals surface area contributed by atoms with E-state index in [-0.39, 0.29) is 29.3 Å². The number of anilines is 1. The van der Waals surface area contributed by atoms with Crippen LogP contribution < -0.4 is 15.4 Å². The molecule has 1 aliphatic rings. The van der Waals surface area contributed by atoms with Crippen molar-refractivity contribution in [2.24, 2.45) is 0 Å². The van der Waals surface area contributed by atoms with Crippen molar-refractivity contribution in [3.05, 3.63) is 94.5 Å². The zero-order chi connectivity index (χ0) is 34.1. The minimum atomic E-state index is -0.527. The van der Waals surface area contributed by atoms with E-state index in [0.717, 1.165) is 29.5 Å². The van der Waals surface area contributed by atoms with E-state index >= 15 is 0 Å². The summed E-state index contributed by atoms with van der Waals surface area (Å²) in [6.07, 6.45) is 6.08. The Morgan fingerprint density at radius 3 is 2.47 bits per heavy atom. The number of carbonyl (C=O) groups excluding carboxylic acids is 3. The number of hydrogen-bond donors (Lipinski definition) is 2. The van der Waals surface area contributed by atoms with Gasteiger partial charge in [-0.05, 0) is 87.1 Å². The van der Waals surface area contributed by atoms with Gasteiger partial charge in [-0.15, -0.1) is 0 Å². The molecular formula is C36H46N6O5. The molecule has 2 aromatic heterocycles. The highest BCUT2D eigenvalue weighted by Crippen LogP contribution is 2.30. The molecule has 250 valence electrons. The normalized spacial score (nSPS) is 15.5. The smallest absolute Gasteiger partial charge is 0.257 e. The number of hydrogen-bond acceptors (Lipinski definition) is 8. The van der Waals surface area contributed by atoms with Crippen molar-refractivity contribution in [2.45, 2.75) is 52.7 Å². The highest BCUT2D eigenvalue weighted by atomic mass is 16.5. The summed E-state index contributed by atoms with van der Waals surface area (Å²) in [7, 11) is 3.22. The number of carbonyl (C=O) groups is 3. The number of benzene rings is 1. The van der Waals surface area contributed by atoms with E-state index in [1.54, 1.807) is 31.6 Å². The third kappa shape index (κ3) is 9.02. The summed E-state index contributed by atoms with van der Waals surface area (Å²) < 4.78 is 11.8. The fourth-order valence-corrected chi connectivity index (χ4v) is 5.72. The molecule has 11 heteroatoms. The number of amides is 3. The van der Waals surface area contributed by atoms with E-state index in [1.165, 1.54) is 13.1 Å². The van der Waals surface area contributed by atoms with Gasteiger partial charge < -0.3 is 25.0 Å². The van der Waals surface area contributed by atoms with Gasteiger partial charge in [0.25, 0.3) is 11.8 Å². The van der Waals surface area contributed by atoms with Crippen LogP contribution in [0, 0.1) is 20.8 Å². The summed E-state index contributed by atoms with van der Waals surface area (Å²) in [6.45, 7) is 14.3. The first-order valence-corrected chi connectivity index (χ1v) is 15.9. The first-order chi connectivity index (χ1) is 22.5. The Morgan fingerprint density at radius 2 is 1.83 bits per heavy atom. The fraction of sp³-hybridized carbons (Fsp3) is 0.417. The molecule has 1 fully saturated rings. The SMILES string of the molecule is C=CC(=O)N1CCN(C[C@@H](Oc2cc(C)c(C(=O)Nc3ncc(CCCOC)cc3C)cc2C(=O)NC)c2ccc(C)cn2)C[C@H]1C. The molecule has 0 spiro atoms. The molecule has 1 saturated heterocycles. The number of pyridine rings is 2. The molecule has 2 atom stereocenters. The Balaban J connectivity index is 1.60. The van der Waals surface area contributed by atoms with Gasteiger partial charge in [-0.2, -0.15) is 0 Å². The zero-order valence-corrected chi connectivity index (χ0v) is 28.3. The van der Waals surface area contributed by atoms with Crippen LogP contribution in [0.15, 0.2) is 55.4 Å². The van der Waals surface area contributed by atoms with Crippen LogP contribution in [0.2, 0.25) is 0 Å². The number of nitrogens with zero attached hydrogens (tertiary/aromatic N) is 4. The van der Waals surface area contributed by atoms with Crippen LogP contribution in [0.5, 0.6) is 5.75 Å². The molecule has 1 aromatic carbocycles. The summed E-state index contributed by atoms with van der Waals surface area (Å²) in [6, 6.07) is 9.19. The number of rotatable bonds is 13. The molecule has 0 bridgehead atoms. The van der Waals surface area contributed by atoms with Crippen molar-refractivity contribution in [1.82, 2.24) is 25.1 Å². The van der Waals surface area contributed by atoms with Gasteiger partial charge in [0.05, 0.1) is 11.3 Å². The number of aromatic nitrogens is 2. The third-order valence-electron chi connectivity index (χ3n) is 8.35. The minimum Gasteiger partial charge on any atom is -0.482 e. The van der Waals surface area contributed by atoms with Crippen molar-refractivity contribution < 1.29 is 23.9 Å². The van der Waals surface area contributed by atoms with Gasteiger partial charge in [0.15, 0.2) is 6.10 Å². The predicted molar refractivity (Wildman–Crippen MR) is 182 cm³/mol. The average molecular weight is 643 g/mol. The summed E-state index contributed by atoms with van der Waals surface area (Å²) in [5, 5.41) is 5.59. The monoisotopic (exact) mass is 642 g/mol. The number of methoxy groups -OCH3 is 1. The quantitative estimate of drug-likeness (QED) is 0.207. The molecule has 4 rings (SSSR count). The van der Waals surface area contributed by atoms with Gasteiger partial charge in [-0.25, -0.2) is 4.98 Å². The Bertz CT molecular complexity index is 1590. The zero-order valence-electron chi connectivity index (χ0n) is 28.3. The largest absolute Gasteiger partial charge is 0.482 e. The highest BCUT2D eigenvalue weighted by Gasteiger charge is 2.30. The lowest BCUT2D eigenvalue weighted by Gasteiger charge is -2.40. The maximum Gasteiger partial charge on any atom is 0.257 e. The Kier molecular flexibility index (Phi) is 12.2. The Labute approximate surface area is 277 Å². The molecule has 0 saturated carbocycles. The Morgan fingerprint density at radius 1 is 1.04 bits per heavy atom. The predicted octanol–water partition coefficient (Wildman–Crippen LogP) is 4.43. The number of piperazine rings is 1. The van der Waals surface area contributed by atoms with Gasteiger partial charge in [0.2, 0.25) is 5.91 Å². The summed E-state index contributed by atoms with van der Waals surface area (Å²) in [5.41, 5.74) is 4.84. The molecule has 1 aliphatic heterocycles. The standard InChI is InChI=1S/C36H46N6O5/c1-8-33(43)42-14-13-41(21-26(42)5)22-32(30-12-11-23(2)19-38-30)47-31-17-24(3)28(18-29(31)35(44)37-6)36(45)40-34-25(4)16-27(20-39-34)10-9-15-46-7/h8,11-12,16-20,26,32H,1,9-10,13-15,21-22H2,2-7H3,(H,37,44)(H,39,40,45)/t26-,32-/m1/s1. The minimum absolute atomic E-state index is 0.00710. The first kappa shape index (κ1) is 35.2. The van der Waals surface area contributed by atoms with Crippen molar-refractivity contribution in [2.75, 3.05) is 52.3 Å². The van der Waals surface area contributed by atoms with E-state index in [1.807, 2.05) is 50.8 Å². The van der Waals surface area contributed by atoms with Crippen LogP contribution in [-0.4, -0.2) is 90.5 Å². The van der Waals surface area contributed by atoms with Crippen LogP contribution in [0.4, 0.5) is 5.82 Å². The van der Waals surface area contributed by atoms with Crippen LogP contribution >= 0.6 is 0 Å². The summed E-state index contributed by atoms with van der Waals surface area (Å²) >= 11 is 0. The van der Waals surface area contributed by atoms with E-state index in [4.69, 9.17) is 9.47 Å². The lowest BCUT2D eigenvalue weighted by molar-refractivity contribution is -0.130. The lowest BCUT2D eigenvalue weighted by Crippen LogP contribution is -2.54. The summed E-state index contributed by atoms with van der Waals surface area (Å²) in [4.78, 5) is 52.2. The maximum atomic E-state index is 13.5. The van der Waals surface area contributed by atoms with Crippen molar-refractivity contribution in [3.8, 4) is 5.75 Å². The molecule has 0 radical (unpaired) electrons. The van der Waals surface area contributed by atoms with Crippen LogP contribution in [0.1, 0.15) is 68.1 Å². The topological polar surface area (TPSA) is 126 Å². The first-order valence-electron chi connectivity index (χ1n) is 15.9. The van der Waals surface area contributed by atoms with Crippen LogP contribution in [0.25, 0.3) is 0 Å². The van der Waals surface area contributed by atoms with Crippen LogP contribution in [0.3, 0.4) is 0 Å². The fourth-order valence-electron chi connectivity index (χ4n) is 5.72. The molecule has 11 nitrogen and oxygen atoms in total. The Hall–Kier alpha value is -4.61. The molecule has 2 N–H and O–H groups in total. The number of aryl methyl sites for hydroxylation is 4. The maximum absolute atomic E-state index is 13.5. The van der Waals surface area contributed by atoms with Crippen LogP contribution in [-0.2, 0) is 16.0 Å². The molecule has 3 heterocycles. The van der Waals surface area contributed by atoms with E-state index in [0.29, 0.717) is 61.2 Å². The van der Waals surface area contributed by atoms with Crippen molar-refractivity contribution in [1.29, 1.82) is 0 Å². The van der Waals surface area contributed by atoms with Gasteiger partial charge in [-0.3, -0.25) is 24.3 Å². The van der Waals surface area contributed by atoms with E-state index in [2.05, 4.69) is 32.1 Å². The highest BCUT2D eigenvalue weighted by molar-refractivity contribution is 6.07. The van der Waals surface area contributed by atoms with E-state index < -0.39 is 6.10 Å². The second-order valence-corrected chi connectivity index (χ2v) is 12.0. The molecule has 3 aromatic rings. The molecule has 3 amide bonds. The van der Waals surface area contributed by atoms with E-state index in [9.17, 15) is 14.4 Å². The van der Waals surface area contributed by atoms with Gasteiger partial charge in [-0.1, -0.05) is 18.7 Å². The molecular weight excluding hydrogens is 596 g/mol. The average Bonchev–Trinajstić information content (AvgIpc) is 3.05. The van der Waals surface area contributed by atoms with Gasteiger partial charge in [0, 0.05) is 70.9 Å². The van der Waals surface area contributed by atoms with Crippen molar-refractivity contribution >= 4 is 23.5 Å². The second-order valence-electron chi connectivity index (χ2n) is 12.0. The van der Waals surface area contributed by atoms with Gasteiger partial charge in [0.1, 0.15) is 11.6 Å². The molecule has 47 heavy (non-hydrogen) atoms. The van der Waals surface area contributed by atoms with Gasteiger partial charge >= 0.3 is 0 Å². The number of ether oxygens (including phenoxy) is 2. The molecule has 0 unspecified atom stereocenters. The summed E-state index contributed by atoms with van der Waals surface area (Å²) in [5.74, 6) is -0.0413. The second kappa shape index (κ2) is 16.3. The van der Waals surface area contributed by atoms with Crippen molar-refractivity contribution in [3.63, 3.8) is 0 Å². The lowest BCUT2D eigenvalue weighted by atomic mass is 10.0. The molecule has 0 aliphatic carbocycles.